The van der Waals surface area contributed by atoms with Gasteiger partial charge in [-0.3, -0.25) is 10.6 Å². The van der Waals surface area contributed by atoms with Crippen LogP contribution in [0.15, 0.2) is 194 Å². The summed E-state index contributed by atoms with van der Waals surface area (Å²) < 4.78 is 0. The maximum atomic E-state index is 9.39. The van der Waals surface area contributed by atoms with Crippen molar-refractivity contribution in [3.05, 3.63) is 216 Å². The number of benzene rings is 10. The van der Waals surface area contributed by atoms with E-state index in [2.05, 4.69) is 168 Å². The molecule has 0 amide bonds. The van der Waals surface area contributed by atoms with Crippen LogP contribution in [0.2, 0.25) is 0 Å². The second-order valence-corrected chi connectivity index (χ2v) is 15.0. The quantitative estimate of drug-likeness (QED) is 0.0781. The van der Waals surface area contributed by atoms with Gasteiger partial charge in [-0.15, -0.1) is 0 Å². The number of nitriles is 1. The van der Waals surface area contributed by atoms with E-state index in [4.69, 9.17) is 5.73 Å². The SMILES string of the molecule is N#Cc1ccc(-c2cccc(C(NCc3c4ccccc4c(-c4c5ccccc5cc5c4ccc4ccccc45)c4ccccc34)NC(N)c3ccccc3)c2)cc1. The standard InChI is InChI=1S/C54H40N4/c55-33-35-25-27-36(28-26-35)39-17-12-18-41(31-39)54(58-53(56)38-14-2-1-3-15-38)57-34-50-44-21-8-10-23-46(44)52(47-24-11-9-22-45(47)50)51-43-20-7-5-16-40(43)32-49-42-19-6-4-13-37(42)29-30-48(49)51/h1-32,53-54,57-58H,34,56H2. The summed E-state index contributed by atoms with van der Waals surface area (Å²) >= 11 is 0. The van der Waals surface area contributed by atoms with Gasteiger partial charge in [0.25, 0.3) is 0 Å². The second kappa shape index (κ2) is 15.1. The predicted molar refractivity (Wildman–Crippen MR) is 242 cm³/mol. The number of nitrogens with one attached hydrogen (secondary N) is 2. The summed E-state index contributed by atoms with van der Waals surface area (Å²) in [5.74, 6) is 0. The monoisotopic (exact) mass is 744 g/mol. The Labute approximate surface area is 337 Å². The van der Waals surface area contributed by atoms with Gasteiger partial charge in [-0.25, -0.2) is 0 Å². The van der Waals surface area contributed by atoms with Crippen molar-refractivity contribution < 1.29 is 0 Å². The Hall–Kier alpha value is -7.13. The molecule has 10 rings (SSSR count). The van der Waals surface area contributed by atoms with Crippen molar-refractivity contribution in [1.82, 2.24) is 10.6 Å². The van der Waals surface area contributed by atoms with Gasteiger partial charge in [-0.2, -0.15) is 5.26 Å². The van der Waals surface area contributed by atoms with E-state index in [1.165, 1.54) is 70.6 Å². The molecule has 0 saturated carbocycles. The van der Waals surface area contributed by atoms with Crippen LogP contribution in [-0.4, -0.2) is 0 Å². The highest BCUT2D eigenvalue weighted by molar-refractivity contribution is 6.27. The molecule has 0 spiro atoms. The Morgan fingerprint density at radius 3 is 1.72 bits per heavy atom. The zero-order valence-electron chi connectivity index (χ0n) is 31.9. The average Bonchev–Trinajstić information content (AvgIpc) is 3.29. The summed E-state index contributed by atoms with van der Waals surface area (Å²) in [5, 5.41) is 29.4. The lowest BCUT2D eigenvalue weighted by Gasteiger charge is -2.27. The molecule has 2 unspecified atom stereocenters. The van der Waals surface area contributed by atoms with Crippen molar-refractivity contribution in [1.29, 1.82) is 5.26 Å². The fraction of sp³-hybridized carbons (Fsp3) is 0.0556. The molecule has 276 valence electrons. The Morgan fingerprint density at radius 1 is 0.448 bits per heavy atom. The zero-order chi connectivity index (χ0) is 39.0. The fourth-order valence-electron chi connectivity index (χ4n) is 8.82. The summed E-state index contributed by atoms with van der Waals surface area (Å²) in [4.78, 5) is 0. The number of nitrogens with zero attached hydrogens (tertiary/aromatic N) is 1. The van der Waals surface area contributed by atoms with Crippen molar-refractivity contribution in [3.8, 4) is 28.3 Å². The molecule has 10 aromatic rings. The van der Waals surface area contributed by atoms with Crippen LogP contribution >= 0.6 is 0 Å². The van der Waals surface area contributed by atoms with E-state index >= 15 is 0 Å². The molecule has 0 saturated heterocycles. The zero-order valence-corrected chi connectivity index (χ0v) is 31.9. The van der Waals surface area contributed by atoms with Crippen LogP contribution in [-0.2, 0) is 6.54 Å². The molecule has 4 N–H and O–H groups in total. The molecule has 0 fully saturated rings. The van der Waals surface area contributed by atoms with Crippen LogP contribution in [0.5, 0.6) is 0 Å². The highest BCUT2D eigenvalue weighted by atomic mass is 15.2. The van der Waals surface area contributed by atoms with Crippen LogP contribution in [0.1, 0.15) is 34.6 Å². The van der Waals surface area contributed by atoms with Gasteiger partial charge in [0.05, 0.1) is 24.0 Å². The van der Waals surface area contributed by atoms with Crippen molar-refractivity contribution >= 4 is 53.9 Å². The van der Waals surface area contributed by atoms with E-state index in [-0.39, 0.29) is 6.17 Å². The number of fused-ring (bicyclic) bond motifs is 6. The smallest absolute Gasteiger partial charge is 0.0991 e. The summed E-state index contributed by atoms with van der Waals surface area (Å²) in [7, 11) is 0. The minimum absolute atomic E-state index is 0.291. The van der Waals surface area contributed by atoms with E-state index in [1.54, 1.807) is 0 Å². The highest BCUT2D eigenvalue weighted by Crippen LogP contribution is 2.46. The minimum atomic E-state index is -0.413. The molecule has 58 heavy (non-hydrogen) atoms. The van der Waals surface area contributed by atoms with Crippen molar-refractivity contribution in [3.63, 3.8) is 0 Å². The molecule has 4 nitrogen and oxygen atoms in total. The maximum absolute atomic E-state index is 9.39. The van der Waals surface area contributed by atoms with E-state index < -0.39 is 6.17 Å². The topological polar surface area (TPSA) is 73.9 Å². The van der Waals surface area contributed by atoms with Crippen LogP contribution < -0.4 is 16.4 Å². The van der Waals surface area contributed by atoms with E-state index in [0.717, 1.165) is 22.3 Å². The lowest BCUT2D eigenvalue weighted by Crippen LogP contribution is -2.39. The first-order valence-electron chi connectivity index (χ1n) is 19.8. The summed E-state index contributed by atoms with van der Waals surface area (Å²) in [6.07, 6.45) is -0.704. The van der Waals surface area contributed by atoms with Gasteiger partial charge >= 0.3 is 0 Å². The van der Waals surface area contributed by atoms with E-state index in [0.29, 0.717) is 12.1 Å². The largest absolute Gasteiger partial charge is 0.312 e. The predicted octanol–water partition coefficient (Wildman–Crippen LogP) is 12.7. The van der Waals surface area contributed by atoms with Crippen molar-refractivity contribution in [2.24, 2.45) is 5.73 Å². The summed E-state index contributed by atoms with van der Waals surface area (Å²) in [6.45, 7) is 0.586. The molecular weight excluding hydrogens is 705 g/mol. The Kier molecular flexibility index (Phi) is 9.18. The van der Waals surface area contributed by atoms with Gasteiger partial charge in [0.15, 0.2) is 0 Å². The second-order valence-electron chi connectivity index (χ2n) is 15.0. The van der Waals surface area contributed by atoms with E-state index in [9.17, 15) is 5.26 Å². The van der Waals surface area contributed by atoms with Gasteiger partial charge in [-0.1, -0.05) is 170 Å². The molecule has 0 aromatic heterocycles. The number of nitrogens with two attached hydrogens (primary N) is 1. The lowest BCUT2D eigenvalue weighted by molar-refractivity contribution is 0.387. The van der Waals surface area contributed by atoms with Gasteiger partial charge in [0.1, 0.15) is 0 Å². The lowest BCUT2D eigenvalue weighted by atomic mass is 9.83. The molecule has 0 bridgehead atoms. The summed E-state index contributed by atoms with van der Waals surface area (Å²) in [6, 6.07) is 70.9. The van der Waals surface area contributed by atoms with Crippen molar-refractivity contribution in [2.75, 3.05) is 0 Å². The third-order valence-corrected chi connectivity index (χ3v) is 11.6. The third-order valence-electron chi connectivity index (χ3n) is 11.6. The van der Waals surface area contributed by atoms with Crippen LogP contribution in [0, 0.1) is 11.3 Å². The van der Waals surface area contributed by atoms with Crippen LogP contribution in [0.3, 0.4) is 0 Å². The first kappa shape index (κ1) is 35.3. The first-order valence-corrected chi connectivity index (χ1v) is 19.8. The number of rotatable bonds is 9. The molecule has 0 aliphatic rings. The van der Waals surface area contributed by atoms with Gasteiger partial charge in [0, 0.05) is 6.54 Å². The number of hydrogen-bond donors (Lipinski definition) is 3. The minimum Gasteiger partial charge on any atom is -0.312 e. The van der Waals surface area contributed by atoms with Gasteiger partial charge in [0.2, 0.25) is 0 Å². The molecule has 0 radical (unpaired) electrons. The Bertz CT molecular complexity index is 3120. The molecule has 4 heteroatoms. The molecular formula is C54H40N4. The molecule has 10 aromatic carbocycles. The van der Waals surface area contributed by atoms with Crippen molar-refractivity contribution in [2.45, 2.75) is 18.9 Å². The van der Waals surface area contributed by atoms with Gasteiger partial charge < -0.3 is 5.73 Å². The molecule has 0 aliphatic carbocycles. The fourth-order valence-corrected chi connectivity index (χ4v) is 8.82. The normalized spacial score (nSPS) is 12.6. The van der Waals surface area contributed by atoms with Crippen LogP contribution in [0.25, 0.3) is 76.1 Å². The van der Waals surface area contributed by atoms with Gasteiger partial charge in [-0.05, 0) is 117 Å². The highest BCUT2D eigenvalue weighted by Gasteiger charge is 2.22. The Morgan fingerprint density at radius 2 is 1.02 bits per heavy atom. The first-order chi connectivity index (χ1) is 28.6. The molecule has 0 heterocycles. The molecule has 0 aliphatic heterocycles. The molecule has 2 atom stereocenters. The number of hydrogen-bond acceptors (Lipinski definition) is 4. The maximum Gasteiger partial charge on any atom is 0.0991 e. The van der Waals surface area contributed by atoms with Crippen LogP contribution in [0.4, 0.5) is 0 Å². The average molecular weight is 745 g/mol. The van der Waals surface area contributed by atoms with E-state index in [1.807, 2.05) is 42.5 Å². The Balaban J connectivity index is 1.13. The third kappa shape index (κ3) is 6.34. The summed E-state index contributed by atoms with van der Waals surface area (Å²) in [5.41, 5.74) is 15.5.